The first kappa shape index (κ1) is 26.3. The molecule has 1 saturated heterocycles. The first-order valence-corrected chi connectivity index (χ1v) is 12.2. The predicted octanol–water partition coefficient (Wildman–Crippen LogP) is 5.26. The van der Waals surface area contributed by atoms with Gasteiger partial charge >= 0.3 is 6.18 Å². The summed E-state index contributed by atoms with van der Waals surface area (Å²) in [5.41, 5.74) is 2.13. The molecule has 4 rings (SSSR count). The molecule has 1 fully saturated rings. The molecule has 1 heterocycles. The zero-order valence-electron chi connectivity index (χ0n) is 20.9. The molecule has 0 aromatic heterocycles. The van der Waals surface area contributed by atoms with Gasteiger partial charge in [0.15, 0.2) is 0 Å². The molecule has 0 aliphatic carbocycles. The summed E-state index contributed by atoms with van der Waals surface area (Å²) in [5.74, 6) is -0.515. The molecule has 3 aromatic carbocycles. The first-order chi connectivity index (χ1) is 17.6. The number of hydrogen-bond acceptors (Lipinski definition) is 3. The second kappa shape index (κ2) is 11.1. The van der Waals surface area contributed by atoms with Crippen molar-refractivity contribution in [3.05, 3.63) is 101 Å². The van der Waals surface area contributed by atoms with E-state index >= 15 is 0 Å². The Bertz CT molecular complexity index is 1240. The van der Waals surface area contributed by atoms with E-state index in [2.05, 4.69) is 0 Å². The quantitative estimate of drug-likeness (QED) is 0.437. The molecule has 1 aliphatic heterocycles. The van der Waals surface area contributed by atoms with Crippen molar-refractivity contribution in [2.24, 2.45) is 0 Å². The largest absolute Gasteiger partial charge is 0.416 e. The average molecular weight is 510 g/mol. The smallest absolute Gasteiger partial charge is 0.378 e. The third-order valence-corrected chi connectivity index (χ3v) is 6.63. The van der Waals surface area contributed by atoms with Crippen molar-refractivity contribution in [2.75, 3.05) is 32.1 Å². The van der Waals surface area contributed by atoms with E-state index in [1.807, 2.05) is 55.4 Å². The molecular weight excluding hydrogens is 479 g/mol. The van der Waals surface area contributed by atoms with E-state index in [1.54, 1.807) is 34.1 Å². The Kier molecular flexibility index (Phi) is 7.86. The number of piperazine rings is 1. The van der Waals surface area contributed by atoms with Crippen molar-refractivity contribution in [3.8, 4) is 0 Å². The number of rotatable bonds is 7. The third kappa shape index (κ3) is 6.50. The Morgan fingerprint density at radius 3 is 2.35 bits per heavy atom. The van der Waals surface area contributed by atoms with E-state index < -0.39 is 11.7 Å². The van der Waals surface area contributed by atoms with E-state index in [0.717, 1.165) is 23.4 Å². The van der Waals surface area contributed by atoms with Crippen molar-refractivity contribution in [1.29, 1.82) is 0 Å². The third-order valence-electron chi connectivity index (χ3n) is 6.63. The van der Waals surface area contributed by atoms with Crippen molar-refractivity contribution < 1.29 is 22.8 Å². The maximum absolute atomic E-state index is 13.4. The second-order valence-electron chi connectivity index (χ2n) is 9.53. The molecule has 0 unspecified atom stereocenters. The van der Waals surface area contributed by atoms with Gasteiger partial charge in [-0.05, 0) is 54.3 Å². The fraction of sp³-hybridized carbons (Fsp3) is 0.310. The summed E-state index contributed by atoms with van der Waals surface area (Å²) in [6.07, 6.45) is -3.20. The van der Waals surface area contributed by atoms with Crippen LogP contribution in [0.5, 0.6) is 0 Å². The SMILES string of the molecule is CN(C)c1cccc(C(=O)N2CC(=O)N(Cc3cccc(C(F)(F)F)c3)[C@@H](CCc3ccccc3)C2)c1. The Labute approximate surface area is 215 Å². The van der Waals surface area contributed by atoms with Crippen molar-refractivity contribution >= 4 is 17.5 Å². The van der Waals surface area contributed by atoms with Gasteiger partial charge < -0.3 is 14.7 Å². The van der Waals surface area contributed by atoms with Crippen LogP contribution >= 0.6 is 0 Å². The maximum atomic E-state index is 13.4. The number of halogens is 3. The highest BCUT2D eigenvalue weighted by Gasteiger charge is 2.36. The normalized spacial score (nSPS) is 16.1. The van der Waals surface area contributed by atoms with Crippen LogP contribution < -0.4 is 4.90 Å². The molecule has 194 valence electrons. The average Bonchev–Trinajstić information content (AvgIpc) is 2.88. The Balaban J connectivity index is 1.57. The van der Waals surface area contributed by atoms with Gasteiger partial charge in [-0.25, -0.2) is 0 Å². The monoisotopic (exact) mass is 509 g/mol. The molecular formula is C29H30F3N3O2. The van der Waals surface area contributed by atoms with Crippen LogP contribution in [0.4, 0.5) is 18.9 Å². The molecule has 0 saturated carbocycles. The molecule has 2 amide bonds. The van der Waals surface area contributed by atoms with E-state index in [9.17, 15) is 22.8 Å². The van der Waals surface area contributed by atoms with Crippen LogP contribution in [0, 0.1) is 0 Å². The Hall–Kier alpha value is -3.81. The minimum atomic E-state index is -4.46. The van der Waals surface area contributed by atoms with Gasteiger partial charge in [0.1, 0.15) is 6.54 Å². The predicted molar refractivity (Wildman–Crippen MR) is 137 cm³/mol. The summed E-state index contributed by atoms with van der Waals surface area (Å²) in [4.78, 5) is 31.8. The lowest BCUT2D eigenvalue weighted by molar-refractivity contribution is -0.139. The fourth-order valence-electron chi connectivity index (χ4n) is 4.61. The van der Waals surface area contributed by atoms with E-state index in [1.165, 1.54) is 6.07 Å². The first-order valence-electron chi connectivity index (χ1n) is 12.2. The van der Waals surface area contributed by atoms with Gasteiger partial charge in [-0.3, -0.25) is 9.59 Å². The summed E-state index contributed by atoms with van der Waals surface area (Å²) < 4.78 is 39.8. The molecule has 0 N–H and O–H groups in total. The number of anilines is 1. The number of carbonyl (C=O) groups is 2. The molecule has 3 aromatic rings. The molecule has 8 heteroatoms. The van der Waals surface area contributed by atoms with Crippen LogP contribution in [0.2, 0.25) is 0 Å². The highest BCUT2D eigenvalue weighted by atomic mass is 19.4. The van der Waals surface area contributed by atoms with Gasteiger partial charge in [-0.1, -0.05) is 48.5 Å². The Morgan fingerprint density at radius 1 is 0.946 bits per heavy atom. The van der Waals surface area contributed by atoms with Gasteiger partial charge in [-0.2, -0.15) is 13.2 Å². The van der Waals surface area contributed by atoms with Crippen molar-refractivity contribution in [1.82, 2.24) is 9.80 Å². The van der Waals surface area contributed by atoms with Crippen LogP contribution in [0.1, 0.15) is 33.5 Å². The summed E-state index contributed by atoms with van der Waals surface area (Å²) in [6.45, 7) is 0.245. The van der Waals surface area contributed by atoms with E-state index in [-0.39, 0.29) is 30.9 Å². The number of amides is 2. The van der Waals surface area contributed by atoms with E-state index in [0.29, 0.717) is 30.5 Å². The number of hydrogen-bond donors (Lipinski definition) is 0. The van der Waals surface area contributed by atoms with Crippen LogP contribution in [-0.4, -0.2) is 54.8 Å². The van der Waals surface area contributed by atoms with Gasteiger partial charge in [0.25, 0.3) is 5.91 Å². The number of benzene rings is 3. The lowest BCUT2D eigenvalue weighted by Crippen LogP contribution is -2.57. The van der Waals surface area contributed by atoms with E-state index in [4.69, 9.17) is 0 Å². The van der Waals surface area contributed by atoms with Gasteiger partial charge in [0.2, 0.25) is 5.91 Å². The standard InChI is InChI=1S/C29H30F3N3O2/c1-33(2)25-13-7-11-23(17-25)28(37)34-19-26(15-14-21-8-4-3-5-9-21)35(27(36)20-34)18-22-10-6-12-24(16-22)29(30,31)32/h3-13,16-17,26H,14-15,18-20H2,1-2H3/t26-/m0/s1. The number of carbonyl (C=O) groups excluding carboxylic acids is 2. The minimum absolute atomic E-state index is 0.0559. The second-order valence-corrected chi connectivity index (χ2v) is 9.53. The molecule has 0 spiro atoms. The molecule has 37 heavy (non-hydrogen) atoms. The van der Waals surface area contributed by atoms with Crippen molar-refractivity contribution in [2.45, 2.75) is 31.6 Å². The molecule has 5 nitrogen and oxygen atoms in total. The minimum Gasteiger partial charge on any atom is -0.378 e. The molecule has 0 bridgehead atoms. The topological polar surface area (TPSA) is 43.9 Å². The highest BCUT2D eigenvalue weighted by molar-refractivity contribution is 5.98. The zero-order chi connectivity index (χ0) is 26.6. The Morgan fingerprint density at radius 2 is 1.65 bits per heavy atom. The maximum Gasteiger partial charge on any atom is 0.416 e. The molecule has 1 atom stereocenters. The summed E-state index contributed by atoms with van der Waals surface area (Å²) in [6, 6.07) is 21.8. The zero-order valence-corrected chi connectivity index (χ0v) is 20.9. The van der Waals surface area contributed by atoms with Gasteiger partial charge in [0, 0.05) is 38.4 Å². The summed E-state index contributed by atoms with van der Waals surface area (Å²) in [7, 11) is 3.78. The number of alkyl halides is 3. The lowest BCUT2D eigenvalue weighted by atomic mass is 9.99. The fourth-order valence-corrected chi connectivity index (χ4v) is 4.61. The van der Waals surface area contributed by atoms with Crippen molar-refractivity contribution in [3.63, 3.8) is 0 Å². The summed E-state index contributed by atoms with van der Waals surface area (Å²) >= 11 is 0. The highest BCUT2D eigenvalue weighted by Crippen LogP contribution is 2.30. The van der Waals surface area contributed by atoms with Crippen LogP contribution in [0.15, 0.2) is 78.9 Å². The molecule has 1 aliphatic rings. The number of nitrogens with zero attached hydrogens (tertiary/aromatic N) is 3. The number of aryl methyl sites for hydroxylation is 1. The van der Waals surface area contributed by atoms with Gasteiger partial charge in [-0.15, -0.1) is 0 Å². The van der Waals surface area contributed by atoms with Crippen LogP contribution in [0.3, 0.4) is 0 Å². The summed E-state index contributed by atoms with van der Waals surface area (Å²) in [5, 5.41) is 0. The van der Waals surface area contributed by atoms with Gasteiger partial charge in [0.05, 0.1) is 11.6 Å². The van der Waals surface area contributed by atoms with Crippen LogP contribution in [0.25, 0.3) is 0 Å². The lowest BCUT2D eigenvalue weighted by Gasteiger charge is -2.41. The molecule has 0 radical (unpaired) electrons. The van der Waals surface area contributed by atoms with Crippen LogP contribution in [-0.2, 0) is 23.9 Å².